The summed E-state index contributed by atoms with van der Waals surface area (Å²) in [6.07, 6.45) is 4.66. The van der Waals surface area contributed by atoms with Crippen LogP contribution in [0.2, 0.25) is 0 Å². The largest absolute Gasteiger partial charge is 0.350 e. The molecular formula is C14H14FN3. The van der Waals surface area contributed by atoms with Crippen LogP contribution in [-0.4, -0.2) is 11.1 Å². The molecule has 0 saturated carbocycles. The van der Waals surface area contributed by atoms with Gasteiger partial charge in [0.1, 0.15) is 11.9 Å². The third kappa shape index (κ3) is 2.58. The first-order valence-corrected chi connectivity index (χ1v) is 5.77. The molecule has 0 bridgehead atoms. The van der Waals surface area contributed by atoms with Gasteiger partial charge in [0.15, 0.2) is 0 Å². The SMILES string of the molecule is N#Cc1cccc(Cn2ccc(CCN)c2)c1F. The van der Waals surface area contributed by atoms with Gasteiger partial charge >= 0.3 is 0 Å². The summed E-state index contributed by atoms with van der Waals surface area (Å²) < 4.78 is 15.8. The Balaban J connectivity index is 2.21. The van der Waals surface area contributed by atoms with Crippen LogP contribution in [0.5, 0.6) is 0 Å². The average Bonchev–Trinajstić information content (AvgIpc) is 2.80. The minimum Gasteiger partial charge on any atom is -0.350 e. The molecule has 2 aromatic rings. The average molecular weight is 243 g/mol. The lowest BCUT2D eigenvalue weighted by Gasteiger charge is -2.05. The molecule has 0 saturated heterocycles. The zero-order chi connectivity index (χ0) is 13.0. The lowest BCUT2D eigenvalue weighted by atomic mass is 10.1. The summed E-state index contributed by atoms with van der Waals surface area (Å²) in [4.78, 5) is 0. The summed E-state index contributed by atoms with van der Waals surface area (Å²) in [5, 5.41) is 8.77. The van der Waals surface area contributed by atoms with Crippen LogP contribution < -0.4 is 5.73 Å². The van der Waals surface area contributed by atoms with Gasteiger partial charge in [-0.05, 0) is 30.7 Å². The summed E-state index contributed by atoms with van der Waals surface area (Å²) in [6.45, 7) is 1.02. The quantitative estimate of drug-likeness (QED) is 0.893. The topological polar surface area (TPSA) is 54.7 Å². The highest BCUT2D eigenvalue weighted by Gasteiger charge is 2.07. The lowest BCUT2D eigenvalue weighted by Crippen LogP contribution is -2.03. The Morgan fingerprint density at radius 1 is 1.33 bits per heavy atom. The minimum atomic E-state index is -0.436. The molecule has 2 N–H and O–H groups in total. The van der Waals surface area contributed by atoms with Crippen molar-refractivity contribution in [1.29, 1.82) is 5.26 Å². The maximum absolute atomic E-state index is 13.9. The number of hydrogen-bond donors (Lipinski definition) is 1. The van der Waals surface area contributed by atoms with Gasteiger partial charge in [0, 0.05) is 24.5 Å². The number of hydrogen-bond acceptors (Lipinski definition) is 2. The maximum Gasteiger partial charge on any atom is 0.145 e. The molecule has 1 aromatic carbocycles. The number of nitriles is 1. The van der Waals surface area contributed by atoms with Crippen molar-refractivity contribution < 1.29 is 4.39 Å². The third-order valence-corrected chi connectivity index (χ3v) is 2.80. The van der Waals surface area contributed by atoms with Crippen molar-refractivity contribution in [1.82, 2.24) is 4.57 Å². The highest BCUT2D eigenvalue weighted by Crippen LogP contribution is 2.14. The molecule has 92 valence electrons. The number of benzene rings is 1. The normalized spacial score (nSPS) is 10.3. The van der Waals surface area contributed by atoms with Crippen molar-refractivity contribution in [2.45, 2.75) is 13.0 Å². The predicted molar refractivity (Wildman–Crippen MR) is 67.4 cm³/mol. The van der Waals surface area contributed by atoms with Gasteiger partial charge < -0.3 is 10.3 Å². The summed E-state index contributed by atoms with van der Waals surface area (Å²) >= 11 is 0. The van der Waals surface area contributed by atoms with Crippen LogP contribution in [0.15, 0.2) is 36.7 Å². The van der Waals surface area contributed by atoms with Crippen LogP contribution in [0, 0.1) is 17.1 Å². The van der Waals surface area contributed by atoms with Crippen LogP contribution in [0.3, 0.4) is 0 Å². The Morgan fingerprint density at radius 3 is 2.89 bits per heavy atom. The van der Waals surface area contributed by atoms with E-state index in [1.165, 1.54) is 6.07 Å². The fourth-order valence-electron chi connectivity index (χ4n) is 1.89. The molecule has 4 heteroatoms. The van der Waals surface area contributed by atoms with E-state index in [9.17, 15) is 4.39 Å². The van der Waals surface area contributed by atoms with Gasteiger partial charge in [0.25, 0.3) is 0 Å². The van der Waals surface area contributed by atoms with E-state index in [1.807, 2.05) is 29.1 Å². The zero-order valence-electron chi connectivity index (χ0n) is 9.94. The molecule has 0 unspecified atom stereocenters. The Hall–Kier alpha value is -2.12. The molecule has 0 aliphatic carbocycles. The summed E-state index contributed by atoms with van der Waals surface area (Å²) in [5.41, 5.74) is 7.22. The van der Waals surface area contributed by atoms with Crippen molar-refractivity contribution in [2.75, 3.05) is 6.54 Å². The fraction of sp³-hybridized carbons (Fsp3) is 0.214. The van der Waals surface area contributed by atoms with Gasteiger partial charge in [-0.25, -0.2) is 4.39 Å². The van der Waals surface area contributed by atoms with E-state index in [0.29, 0.717) is 18.7 Å². The predicted octanol–water partition coefficient (Wildman–Crippen LogP) is 2.05. The maximum atomic E-state index is 13.9. The van der Waals surface area contributed by atoms with E-state index in [-0.39, 0.29) is 5.56 Å². The first kappa shape index (κ1) is 12.3. The highest BCUT2D eigenvalue weighted by molar-refractivity contribution is 5.35. The van der Waals surface area contributed by atoms with Gasteiger partial charge in [-0.2, -0.15) is 5.26 Å². The van der Waals surface area contributed by atoms with Crippen molar-refractivity contribution >= 4 is 0 Å². The first-order chi connectivity index (χ1) is 8.74. The van der Waals surface area contributed by atoms with Crippen molar-refractivity contribution in [3.63, 3.8) is 0 Å². The molecule has 0 amide bonds. The molecule has 0 fully saturated rings. The molecule has 18 heavy (non-hydrogen) atoms. The molecule has 0 spiro atoms. The second-order valence-corrected chi connectivity index (χ2v) is 4.12. The van der Waals surface area contributed by atoms with E-state index in [4.69, 9.17) is 11.0 Å². The van der Waals surface area contributed by atoms with Crippen molar-refractivity contribution in [3.05, 3.63) is 59.2 Å². The second kappa shape index (κ2) is 5.48. The monoisotopic (exact) mass is 243 g/mol. The second-order valence-electron chi connectivity index (χ2n) is 4.12. The number of rotatable bonds is 4. The molecule has 3 nitrogen and oxygen atoms in total. The van der Waals surface area contributed by atoms with Gasteiger partial charge in [0.2, 0.25) is 0 Å². The Labute approximate surface area is 105 Å². The van der Waals surface area contributed by atoms with E-state index in [1.54, 1.807) is 12.1 Å². The fourth-order valence-corrected chi connectivity index (χ4v) is 1.89. The van der Waals surface area contributed by atoms with Gasteiger partial charge in [0.05, 0.1) is 5.56 Å². The van der Waals surface area contributed by atoms with Crippen molar-refractivity contribution in [2.24, 2.45) is 5.73 Å². The number of halogens is 1. The molecular weight excluding hydrogens is 229 g/mol. The zero-order valence-corrected chi connectivity index (χ0v) is 9.94. The molecule has 0 aliphatic rings. The van der Waals surface area contributed by atoms with Crippen LogP contribution in [-0.2, 0) is 13.0 Å². The first-order valence-electron chi connectivity index (χ1n) is 5.77. The number of nitrogens with two attached hydrogens (primary N) is 1. The molecule has 1 heterocycles. The van der Waals surface area contributed by atoms with Gasteiger partial charge in [-0.15, -0.1) is 0 Å². The van der Waals surface area contributed by atoms with Crippen LogP contribution in [0.1, 0.15) is 16.7 Å². The van der Waals surface area contributed by atoms with E-state index in [0.717, 1.165) is 12.0 Å². The number of aromatic nitrogens is 1. The Kier molecular flexibility index (Phi) is 3.75. The molecule has 0 atom stereocenters. The Bertz CT molecular complexity index is 581. The van der Waals surface area contributed by atoms with Crippen LogP contribution in [0.4, 0.5) is 4.39 Å². The smallest absolute Gasteiger partial charge is 0.145 e. The van der Waals surface area contributed by atoms with E-state index < -0.39 is 5.82 Å². The Morgan fingerprint density at radius 2 is 2.17 bits per heavy atom. The molecule has 0 radical (unpaired) electrons. The van der Waals surface area contributed by atoms with Gasteiger partial charge in [-0.1, -0.05) is 12.1 Å². The van der Waals surface area contributed by atoms with Crippen LogP contribution in [0.25, 0.3) is 0 Å². The molecule has 0 aliphatic heterocycles. The molecule has 1 aromatic heterocycles. The van der Waals surface area contributed by atoms with E-state index >= 15 is 0 Å². The number of nitrogens with zero attached hydrogens (tertiary/aromatic N) is 2. The summed E-state index contributed by atoms with van der Waals surface area (Å²) in [5.74, 6) is -0.436. The third-order valence-electron chi connectivity index (χ3n) is 2.80. The standard InChI is InChI=1S/C14H14FN3/c15-14-12(8-17)2-1-3-13(14)10-18-7-5-11(9-18)4-6-16/h1-3,5,7,9H,4,6,10,16H2. The summed E-state index contributed by atoms with van der Waals surface area (Å²) in [7, 11) is 0. The van der Waals surface area contributed by atoms with E-state index in [2.05, 4.69) is 0 Å². The lowest BCUT2D eigenvalue weighted by molar-refractivity contribution is 0.596. The molecule has 2 rings (SSSR count). The minimum absolute atomic E-state index is 0.0850. The highest BCUT2D eigenvalue weighted by atomic mass is 19.1. The summed E-state index contributed by atoms with van der Waals surface area (Å²) in [6, 6.07) is 8.69. The van der Waals surface area contributed by atoms with Crippen molar-refractivity contribution in [3.8, 4) is 6.07 Å². The van der Waals surface area contributed by atoms with Gasteiger partial charge in [-0.3, -0.25) is 0 Å². The van der Waals surface area contributed by atoms with Crippen LogP contribution >= 0.6 is 0 Å².